The van der Waals surface area contributed by atoms with Crippen LogP contribution in [0.15, 0.2) is 48.6 Å². The van der Waals surface area contributed by atoms with Crippen LogP contribution in [0, 0.1) is 0 Å². The molecule has 0 radical (unpaired) electrons. The van der Waals surface area contributed by atoms with Crippen LogP contribution >= 0.6 is 0 Å². The Labute approximate surface area is 461 Å². The molecule has 2 atom stereocenters. The lowest BCUT2D eigenvalue weighted by molar-refractivity contribution is -0.143. The van der Waals surface area contributed by atoms with Gasteiger partial charge in [-0.1, -0.05) is 294 Å². The van der Waals surface area contributed by atoms with Gasteiger partial charge >= 0.3 is 5.97 Å². The summed E-state index contributed by atoms with van der Waals surface area (Å²) in [5.74, 6) is -0.0707. The molecule has 0 rings (SSSR count). The van der Waals surface area contributed by atoms with Crippen molar-refractivity contribution >= 4 is 11.9 Å². The second-order valence-corrected chi connectivity index (χ2v) is 22.4. The van der Waals surface area contributed by atoms with Crippen molar-refractivity contribution in [3.8, 4) is 0 Å². The third kappa shape index (κ3) is 59.1. The SMILES string of the molecule is CCCCC/C=C\C/C=C\CCCCCCCC(=O)OCCCCCCCCCCCCCC/C=C\CCCCCCCCCCCC(=O)NC(CO)C(O)/C=C/CCCCCCCCCCCCCCCCC. The number of hydrogen-bond donors (Lipinski definition) is 3. The number of amides is 1. The van der Waals surface area contributed by atoms with Gasteiger partial charge in [0.2, 0.25) is 5.91 Å². The first-order chi connectivity index (χ1) is 36.5. The van der Waals surface area contributed by atoms with Crippen molar-refractivity contribution in [1.82, 2.24) is 5.32 Å². The molecule has 0 bridgehead atoms. The minimum Gasteiger partial charge on any atom is -0.466 e. The molecule has 0 saturated carbocycles. The highest BCUT2D eigenvalue weighted by atomic mass is 16.5. The van der Waals surface area contributed by atoms with E-state index < -0.39 is 12.1 Å². The minimum absolute atomic E-state index is 0.00112. The summed E-state index contributed by atoms with van der Waals surface area (Å²) in [4.78, 5) is 24.5. The fourth-order valence-electron chi connectivity index (χ4n) is 10.0. The van der Waals surface area contributed by atoms with Crippen LogP contribution in [0.1, 0.15) is 348 Å². The van der Waals surface area contributed by atoms with Crippen LogP contribution in [0.3, 0.4) is 0 Å². The first-order valence-electron chi connectivity index (χ1n) is 32.9. The van der Waals surface area contributed by atoms with E-state index in [1.54, 1.807) is 6.08 Å². The summed E-state index contributed by atoms with van der Waals surface area (Å²) in [5.41, 5.74) is 0. The van der Waals surface area contributed by atoms with Gasteiger partial charge in [0.1, 0.15) is 0 Å². The Balaban J connectivity index is 3.43. The topological polar surface area (TPSA) is 95.9 Å². The molecule has 3 N–H and O–H groups in total. The zero-order valence-electron chi connectivity index (χ0n) is 49.6. The van der Waals surface area contributed by atoms with Gasteiger partial charge in [0.05, 0.1) is 25.4 Å². The number of allylic oxidation sites excluding steroid dienone is 7. The lowest BCUT2D eigenvalue weighted by Crippen LogP contribution is -2.45. The van der Waals surface area contributed by atoms with Crippen molar-refractivity contribution in [1.29, 1.82) is 0 Å². The van der Waals surface area contributed by atoms with Gasteiger partial charge in [-0.2, -0.15) is 0 Å². The normalized spacial score (nSPS) is 12.9. The maximum Gasteiger partial charge on any atom is 0.305 e. The number of aliphatic hydroxyl groups excluding tert-OH is 2. The number of nitrogens with one attached hydrogen (secondary N) is 1. The molecular formula is C68H127NO5. The molecule has 2 unspecified atom stereocenters. The maximum absolute atomic E-state index is 12.5. The van der Waals surface area contributed by atoms with E-state index in [0.717, 1.165) is 51.4 Å². The summed E-state index contributed by atoms with van der Waals surface area (Å²) in [6, 6.07) is -0.631. The molecule has 0 fully saturated rings. The van der Waals surface area contributed by atoms with Gasteiger partial charge in [-0.15, -0.1) is 0 Å². The number of rotatable bonds is 61. The molecule has 6 heteroatoms. The minimum atomic E-state index is -0.847. The second kappa shape index (κ2) is 63.4. The highest BCUT2D eigenvalue weighted by Crippen LogP contribution is 2.17. The zero-order valence-corrected chi connectivity index (χ0v) is 49.6. The molecule has 0 saturated heterocycles. The summed E-state index contributed by atoms with van der Waals surface area (Å²) in [7, 11) is 0. The molecule has 1 amide bonds. The van der Waals surface area contributed by atoms with E-state index in [-0.39, 0.29) is 18.5 Å². The second-order valence-electron chi connectivity index (χ2n) is 22.4. The Kier molecular flexibility index (Phi) is 61.5. The molecule has 0 aromatic heterocycles. The first-order valence-corrected chi connectivity index (χ1v) is 32.9. The van der Waals surface area contributed by atoms with Crippen LogP contribution in [-0.4, -0.2) is 47.4 Å². The number of ether oxygens (including phenoxy) is 1. The summed E-state index contributed by atoms with van der Waals surface area (Å²) in [5, 5.41) is 23.2. The van der Waals surface area contributed by atoms with E-state index in [2.05, 4.69) is 55.6 Å². The summed E-state index contributed by atoms with van der Waals surface area (Å²) in [6.07, 6.45) is 81.6. The van der Waals surface area contributed by atoms with Gasteiger partial charge < -0.3 is 20.3 Å². The molecule has 6 nitrogen and oxygen atoms in total. The van der Waals surface area contributed by atoms with Gasteiger partial charge in [-0.3, -0.25) is 9.59 Å². The van der Waals surface area contributed by atoms with Crippen LogP contribution in [0.5, 0.6) is 0 Å². The van der Waals surface area contributed by atoms with E-state index in [4.69, 9.17) is 4.74 Å². The molecule has 0 aromatic carbocycles. The van der Waals surface area contributed by atoms with Gasteiger partial charge in [-0.05, 0) is 89.9 Å². The Morgan fingerprint density at radius 1 is 0.378 bits per heavy atom. The fourth-order valence-corrected chi connectivity index (χ4v) is 10.0. The van der Waals surface area contributed by atoms with Crippen molar-refractivity contribution in [2.45, 2.75) is 360 Å². The molecule has 0 aliphatic heterocycles. The van der Waals surface area contributed by atoms with Crippen LogP contribution in [0.4, 0.5) is 0 Å². The highest BCUT2D eigenvalue weighted by Gasteiger charge is 2.18. The Morgan fingerprint density at radius 3 is 1.07 bits per heavy atom. The van der Waals surface area contributed by atoms with Crippen LogP contribution < -0.4 is 5.32 Å². The Morgan fingerprint density at radius 2 is 0.676 bits per heavy atom. The number of esters is 1. The van der Waals surface area contributed by atoms with Gasteiger partial charge in [0, 0.05) is 12.8 Å². The predicted octanol–water partition coefficient (Wildman–Crippen LogP) is 20.9. The molecule has 0 aliphatic rings. The maximum atomic E-state index is 12.5. The Hall–Kier alpha value is -2.18. The molecule has 0 aliphatic carbocycles. The summed E-state index contributed by atoms with van der Waals surface area (Å²) < 4.78 is 5.48. The number of carbonyl (C=O) groups excluding carboxylic acids is 2. The zero-order chi connectivity index (χ0) is 53.6. The van der Waals surface area contributed by atoms with Crippen molar-refractivity contribution in [3.63, 3.8) is 0 Å². The molecule has 0 aromatic rings. The van der Waals surface area contributed by atoms with Crippen molar-refractivity contribution in [3.05, 3.63) is 48.6 Å². The number of carbonyl (C=O) groups is 2. The standard InChI is InChI=1S/C68H127NO5/c1-3-5-7-9-11-13-15-17-19-29-33-36-40-44-48-52-56-60-66(71)65(64-70)69-67(72)61-57-53-49-45-41-37-34-30-27-25-23-21-20-22-24-26-28-31-35-39-43-47-51-55-59-63-74-68(73)62-58-54-50-46-42-38-32-18-16-14-12-10-8-6-4-2/h12,14,18,21,23,32,56,60,65-66,70-71H,3-11,13,15-17,19-20,22,24-31,33-55,57-59,61-64H2,1-2H3,(H,69,72)/b14-12-,23-21-,32-18-,60-56+. The van der Waals surface area contributed by atoms with E-state index in [1.165, 1.54) is 270 Å². The molecule has 0 spiro atoms. The average molecular weight is 1040 g/mol. The first kappa shape index (κ1) is 71.8. The predicted molar refractivity (Wildman–Crippen MR) is 324 cm³/mol. The van der Waals surface area contributed by atoms with Gasteiger partial charge in [-0.25, -0.2) is 0 Å². The molecular weight excluding hydrogens is 911 g/mol. The van der Waals surface area contributed by atoms with E-state index in [1.807, 2.05) is 6.08 Å². The largest absolute Gasteiger partial charge is 0.466 e. The van der Waals surface area contributed by atoms with Crippen LogP contribution in [0.2, 0.25) is 0 Å². The molecule has 0 heterocycles. The van der Waals surface area contributed by atoms with Crippen molar-refractivity contribution in [2.24, 2.45) is 0 Å². The van der Waals surface area contributed by atoms with Crippen LogP contribution in [0.25, 0.3) is 0 Å². The van der Waals surface area contributed by atoms with Gasteiger partial charge in [0.15, 0.2) is 0 Å². The number of aliphatic hydroxyl groups is 2. The third-order valence-electron chi connectivity index (χ3n) is 15.1. The number of unbranched alkanes of at least 4 members (excludes halogenated alkanes) is 44. The van der Waals surface area contributed by atoms with E-state index in [0.29, 0.717) is 19.4 Å². The third-order valence-corrected chi connectivity index (χ3v) is 15.1. The lowest BCUT2D eigenvalue weighted by atomic mass is 10.0. The monoisotopic (exact) mass is 1040 g/mol. The highest BCUT2D eigenvalue weighted by molar-refractivity contribution is 5.76. The smallest absolute Gasteiger partial charge is 0.305 e. The molecule has 74 heavy (non-hydrogen) atoms. The number of hydrogen-bond acceptors (Lipinski definition) is 5. The fraction of sp³-hybridized carbons (Fsp3) is 0.853. The van der Waals surface area contributed by atoms with E-state index in [9.17, 15) is 19.8 Å². The average Bonchev–Trinajstić information content (AvgIpc) is 3.40. The van der Waals surface area contributed by atoms with Crippen LogP contribution in [-0.2, 0) is 14.3 Å². The lowest BCUT2D eigenvalue weighted by Gasteiger charge is -2.20. The summed E-state index contributed by atoms with van der Waals surface area (Å²) >= 11 is 0. The summed E-state index contributed by atoms with van der Waals surface area (Å²) in [6.45, 7) is 4.89. The van der Waals surface area contributed by atoms with E-state index >= 15 is 0 Å². The van der Waals surface area contributed by atoms with Crippen molar-refractivity contribution < 1.29 is 24.5 Å². The Bertz CT molecular complexity index is 1240. The van der Waals surface area contributed by atoms with Gasteiger partial charge in [0.25, 0.3) is 0 Å². The van der Waals surface area contributed by atoms with Crippen molar-refractivity contribution in [2.75, 3.05) is 13.2 Å². The quantitative estimate of drug-likeness (QED) is 0.0320. The molecule has 434 valence electrons.